The average Bonchev–Trinajstić information content (AvgIpc) is 3.22. The van der Waals surface area contributed by atoms with Crippen molar-refractivity contribution < 1.29 is 27.5 Å². The molecule has 0 unspecified atom stereocenters. The van der Waals surface area contributed by atoms with Crippen LogP contribution in [0, 0.1) is 6.92 Å². The number of thiophene rings is 1. The van der Waals surface area contributed by atoms with Gasteiger partial charge in [0.25, 0.3) is 11.8 Å². The highest BCUT2D eigenvalue weighted by atomic mass is 32.1. The molecule has 0 spiro atoms. The van der Waals surface area contributed by atoms with Crippen LogP contribution in [0.5, 0.6) is 5.75 Å². The standard InChI is InChI=1S/C23H19F3N2O3S/c1-14-18(22(30)28-11-9-20-16(13-28)10-12-32-20)3-2-4-19(14)27-21(29)15-5-7-17(8-6-15)31-23(24,25)26/h2-8,10,12H,9,11,13H2,1H3,(H,27,29). The largest absolute Gasteiger partial charge is 0.573 e. The first-order valence-corrected chi connectivity index (χ1v) is 10.7. The van der Waals surface area contributed by atoms with Gasteiger partial charge in [-0.1, -0.05) is 6.07 Å². The Morgan fingerprint density at radius 1 is 1.09 bits per heavy atom. The molecule has 4 rings (SSSR count). The van der Waals surface area contributed by atoms with Gasteiger partial charge in [-0.15, -0.1) is 24.5 Å². The number of hydrogen-bond acceptors (Lipinski definition) is 4. The maximum atomic E-state index is 13.1. The number of ether oxygens (including phenoxy) is 1. The molecule has 0 saturated carbocycles. The number of carbonyl (C=O) groups is 2. The van der Waals surface area contributed by atoms with Crippen molar-refractivity contribution in [1.29, 1.82) is 0 Å². The molecule has 32 heavy (non-hydrogen) atoms. The number of carbonyl (C=O) groups excluding carboxylic acids is 2. The lowest BCUT2D eigenvalue weighted by molar-refractivity contribution is -0.274. The molecule has 0 atom stereocenters. The van der Waals surface area contributed by atoms with Gasteiger partial charge in [-0.3, -0.25) is 9.59 Å². The van der Waals surface area contributed by atoms with Gasteiger partial charge in [-0.05, 0) is 72.3 Å². The van der Waals surface area contributed by atoms with Crippen molar-refractivity contribution in [2.45, 2.75) is 26.3 Å². The number of benzene rings is 2. The van der Waals surface area contributed by atoms with Crippen molar-refractivity contribution in [3.8, 4) is 5.75 Å². The number of amides is 2. The van der Waals surface area contributed by atoms with Crippen molar-refractivity contribution >= 4 is 28.8 Å². The van der Waals surface area contributed by atoms with Crippen molar-refractivity contribution in [1.82, 2.24) is 4.90 Å². The number of nitrogens with zero attached hydrogens (tertiary/aromatic N) is 1. The summed E-state index contributed by atoms with van der Waals surface area (Å²) in [6, 6.07) is 11.8. The molecule has 2 aromatic carbocycles. The van der Waals surface area contributed by atoms with E-state index in [0.29, 0.717) is 29.9 Å². The van der Waals surface area contributed by atoms with E-state index in [1.165, 1.54) is 17.0 Å². The van der Waals surface area contributed by atoms with Gasteiger partial charge in [0.1, 0.15) is 5.75 Å². The molecule has 2 amide bonds. The Labute approximate surface area is 186 Å². The lowest BCUT2D eigenvalue weighted by Gasteiger charge is -2.28. The highest BCUT2D eigenvalue weighted by molar-refractivity contribution is 7.10. The van der Waals surface area contributed by atoms with Gasteiger partial charge in [0.05, 0.1) is 0 Å². The number of rotatable bonds is 4. The molecular weight excluding hydrogens is 441 g/mol. The van der Waals surface area contributed by atoms with Gasteiger partial charge in [-0.25, -0.2) is 0 Å². The minimum atomic E-state index is -4.80. The zero-order chi connectivity index (χ0) is 22.9. The minimum absolute atomic E-state index is 0.107. The van der Waals surface area contributed by atoms with Crippen LogP contribution in [0.15, 0.2) is 53.9 Å². The summed E-state index contributed by atoms with van der Waals surface area (Å²) < 4.78 is 40.7. The molecule has 2 heterocycles. The van der Waals surface area contributed by atoms with Crippen LogP contribution in [0.1, 0.15) is 36.7 Å². The fraction of sp³-hybridized carbons (Fsp3) is 0.217. The molecule has 0 aliphatic carbocycles. The van der Waals surface area contributed by atoms with Gasteiger partial charge >= 0.3 is 6.36 Å². The Morgan fingerprint density at radius 3 is 2.56 bits per heavy atom. The third-order valence-corrected chi connectivity index (χ3v) is 6.28. The van der Waals surface area contributed by atoms with E-state index >= 15 is 0 Å². The van der Waals surface area contributed by atoms with Crippen molar-refractivity contribution in [2.75, 3.05) is 11.9 Å². The Balaban J connectivity index is 1.48. The summed E-state index contributed by atoms with van der Waals surface area (Å²) in [6.07, 6.45) is -3.98. The summed E-state index contributed by atoms with van der Waals surface area (Å²) in [5, 5.41) is 4.76. The van der Waals surface area contributed by atoms with Crippen LogP contribution in [0.3, 0.4) is 0 Å². The van der Waals surface area contributed by atoms with E-state index < -0.39 is 18.0 Å². The lowest BCUT2D eigenvalue weighted by atomic mass is 10.0. The molecule has 1 aliphatic heterocycles. The van der Waals surface area contributed by atoms with E-state index in [9.17, 15) is 22.8 Å². The fourth-order valence-electron chi connectivity index (χ4n) is 3.60. The highest BCUT2D eigenvalue weighted by Gasteiger charge is 2.31. The predicted octanol–water partition coefficient (Wildman–Crippen LogP) is 5.41. The van der Waals surface area contributed by atoms with Gasteiger partial charge in [0.15, 0.2) is 0 Å². The first kappa shape index (κ1) is 21.9. The quantitative estimate of drug-likeness (QED) is 0.567. The Bertz CT molecular complexity index is 1160. The second kappa shape index (κ2) is 8.66. The van der Waals surface area contributed by atoms with Gasteiger partial charge in [0.2, 0.25) is 0 Å². The van der Waals surface area contributed by atoms with Gasteiger partial charge in [0, 0.05) is 34.8 Å². The van der Waals surface area contributed by atoms with Crippen molar-refractivity contribution in [3.05, 3.63) is 81.0 Å². The van der Waals surface area contributed by atoms with E-state index in [4.69, 9.17) is 0 Å². The third kappa shape index (κ3) is 4.77. The number of fused-ring (bicyclic) bond motifs is 1. The number of anilines is 1. The molecular formula is C23H19F3N2O3S. The van der Waals surface area contributed by atoms with E-state index in [1.54, 1.807) is 41.4 Å². The molecule has 1 N–H and O–H groups in total. The van der Waals surface area contributed by atoms with E-state index in [2.05, 4.69) is 10.1 Å². The molecule has 1 aromatic heterocycles. The number of hydrogen-bond donors (Lipinski definition) is 1. The molecule has 1 aliphatic rings. The molecule has 0 radical (unpaired) electrons. The third-order valence-electron chi connectivity index (χ3n) is 5.26. The summed E-state index contributed by atoms with van der Waals surface area (Å²) in [7, 11) is 0. The zero-order valence-electron chi connectivity index (χ0n) is 17.0. The smallest absolute Gasteiger partial charge is 0.406 e. The summed E-state index contributed by atoms with van der Waals surface area (Å²) in [4.78, 5) is 28.8. The SMILES string of the molecule is Cc1c(NC(=O)c2ccc(OC(F)(F)F)cc2)cccc1C(=O)N1CCc2sccc2C1. The van der Waals surface area contributed by atoms with E-state index in [0.717, 1.165) is 24.1 Å². The summed E-state index contributed by atoms with van der Waals surface area (Å²) in [5.41, 5.74) is 2.91. The summed E-state index contributed by atoms with van der Waals surface area (Å²) >= 11 is 1.70. The Kier molecular flexibility index (Phi) is 5.92. The van der Waals surface area contributed by atoms with Crippen LogP contribution in [0.4, 0.5) is 18.9 Å². The highest BCUT2D eigenvalue weighted by Crippen LogP contribution is 2.28. The van der Waals surface area contributed by atoms with Gasteiger partial charge < -0.3 is 15.0 Å². The topological polar surface area (TPSA) is 58.6 Å². The second-order valence-corrected chi connectivity index (χ2v) is 8.35. The monoisotopic (exact) mass is 460 g/mol. The van der Waals surface area contributed by atoms with Gasteiger partial charge in [-0.2, -0.15) is 0 Å². The minimum Gasteiger partial charge on any atom is -0.406 e. The van der Waals surface area contributed by atoms with Crippen LogP contribution in [0.2, 0.25) is 0 Å². The maximum Gasteiger partial charge on any atom is 0.573 e. The number of alkyl halides is 3. The molecule has 0 bridgehead atoms. The fourth-order valence-corrected chi connectivity index (χ4v) is 4.49. The summed E-state index contributed by atoms with van der Waals surface area (Å²) in [5.74, 6) is -1.02. The lowest BCUT2D eigenvalue weighted by Crippen LogP contribution is -2.35. The first-order valence-electron chi connectivity index (χ1n) is 9.82. The molecule has 3 aromatic rings. The molecule has 0 saturated heterocycles. The van der Waals surface area contributed by atoms with E-state index in [-0.39, 0.29) is 11.5 Å². The van der Waals surface area contributed by atoms with E-state index in [1.807, 2.05) is 11.4 Å². The second-order valence-electron chi connectivity index (χ2n) is 7.35. The molecule has 0 fully saturated rings. The van der Waals surface area contributed by atoms with Crippen molar-refractivity contribution in [3.63, 3.8) is 0 Å². The van der Waals surface area contributed by atoms with Crippen LogP contribution in [-0.4, -0.2) is 29.6 Å². The van der Waals surface area contributed by atoms with Crippen LogP contribution in [0.25, 0.3) is 0 Å². The first-order chi connectivity index (χ1) is 15.2. The predicted molar refractivity (Wildman–Crippen MR) is 115 cm³/mol. The average molecular weight is 460 g/mol. The number of nitrogens with one attached hydrogen (secondary N) is 1. The van der Waals surface area contributed by atoms with Crippen LogP contribution >= 0.6 is 11.3 Å². The molecule has 9 heteroatoms. The number of halogens is 3. The zero-order valence-corrected chi connectivity index (χ0v) is 17.8. The molecule has 5 nitrogen and oxygen atoms in total. The summed E-state index contributed by atoms with van der Waals surface area (Å²) in [6.45, 7) is 2.94. The van der Waals surface area contributed by atoms with Crippen molar-refractivity contribution in [2.24, 2.45) is 0 Å². The Morgan fingerprint density at radius 2 is 1.84 bits per heavy atom. The molecule has 166 valence electrons. The van der Waals surface area contributed by atoms with Crippen LogP contribution in [-0.2, 0) is 13.0 Å². The normalized spacial score (nSPS) is 13.4. The maximum absolute atomic E-state index is 13.1. The Hall–Kier alpha value is -3.33. The van der Waals surface area contributed by atoms with Crippen LogP contribution < -0.4 is 10.1 Å².